The van der Waals surface area contributed by atoms with Gasteiger partial charge in [0.05, 0.1) is 23.1 Å². The van der Waals surface area contributed by atoms with Gasteiger partial charge in [-0.15, -0.1) is 0 Å². The molecule has 202 valence electrons. The van der Waals surface area contributed by atoms with Gasteiger partial charge in [-0.25, -0.2) is 19.2 Å². The van der Waals surface area contributed by atoms with Crippen molar-refractivity contribution < 1.29 is 28.7 Å². The van der Waals surface area contributed by atoms with Gasteiger partial charge in [0.25, 0.3) is 0 Å². The lowest BCUT2D eigenvalue weighted by Gasteiger charge is -2.54. The average Bonchev–Trinajstić information content (AvgIpc) is 2.86. The van der Waals surface area contributed by atoms with Gasteiger partial charge in [0, 0.05) is 26.6 Å². The monoisotopic (exact) mass is 565 g/mol. The molecular weight excluding hydrogens is 540 g/mol. The zero-order valence-electron chi connectivity index (χ0n) is 20.4. The SMILES string of the molecule is CN1CC(=O)N2[C@@H](CCC(=O)O)C(=O)N(Cc3ccc(Cl)c(Cl)c3)C[C@@H]2N1C(=O)NCc1ccc(F)cc1. The van der Waals surface area contributed by atoms with E-state index < -0.39 is 41.8 Å². The van der Waals surface area contributed by atoms with E-state index in [1.54, 1.807) is 37.4 Å². The van der Waals surface area contributed by atoms with Crippen LogP contribution in [0.25, 0.3) is 0 Å². The molecule has 0 spiro atoms. The van der Waals surface area contributed by atoms with E-state index in [2.05, 4.69) is 5.32 Å². The second-order valence-corrected chi connectivity index (χ2v) is 9.96. The van der Waals surface area contributed by atoms with E-state index >= 15 is 0 Å². The Morgan fingerprint density at radius 2 is 1.76 bits per heavy atom. The van der Waals surface area contributed by atoms with E-state index in [1.165, 1.54) is 32.0 Å². The Bertz CT molecular complexity index is 1250. The second-order valence-electron chi connectivity index (χ2n) is 9.14. The highest BCUT2D eigenvalue weighted by molar-refractivity contribution is 6.42. The van der Waals surface area contributed by atoms with Gasteiger partial charge in [-0.05, 0) is 41.8 Å². The molecular formula is C25H26Cl2FN5O5. The first-order valence-corrected chi connectivity index (χ1v) is 12.6. The highest BCUT2D eigenvalue weighted by Gasteiger charge is 2.50. The molecule has 2 heterocycles. The van der Waals surface area contributed by atoms with E-state index in [9.17, 15) is 28.7 Å². The number of amides is 4. The van der Waals surface area contributed by atoms with Crippen LogP contribution in [0.2, 0.25) is 10.0 Å². The number of hydrazine groups is 1. The van der Waals surface area contributed by atoms with Crippen LogP contribution in [0.15, 0.2) is 42.5 Å². The molecule has 2 aliphatic rings. The number of carboxylic acids is 1. The van der Waals surface area contributed by atoms with Crippen LogP contribution in [0.1, 0.15) is 24.0 Å². The van der Waals surface area contributed by atoms with Crippen molar-refractivity contribution in [3.63, 3.8) is 0 Å². The summed E-state index contributed by atoms with van der Waals surface area (Å²) in [6.07, 6.45) is -1.32. The summed E-state index contributed by atoms with van der Waals surface area (Å²) in [7, 11) is 1.58. The molecule has 2 saturated heterocycles. The summed E-state index contributed by atoms with van der Waals surface area (Å²) < 4.78 is 13.2. The van der Waals surface area contributed by atoms with E-state index in [0.29, 0.717) is 21.2 Å². The van der Waals surface area contributed by atoms with E-state index in [0.717, 1.165) is 0 Å². The van der Waals surface area contributed by atoms with Gasteiger partial charge < -0.3 is 20.2 Å². The van der Waals surface area contributed by atoms with Crippen LogP contribution < -0.4 is 5.32 Å². The molecule has 0 aromatic heterocycles. The minimum absolute atomic E-state index is 0.0112. The number of hydrogen-bond acceptors (Lipinski definition) is 5. The quantitative estimate of drug-likeness (QED) is 0.533. The zero-order chi connectivity index (χ0) is 27.6. The summed E-state index contributed by atoms with van der Waals surface area (Å²) >= 11 is 12.2. The first-order valence-electron chi connectivity index (χ1n) is 11.8. The molecule has 2 aliphatic heterocycles. The topological polar surface area (TPSA) is 114 Å². The van der Waals surface area contributed by atoms with Gasteiger partial charge in [-0.3, -0.25) is 14.4 Å². The first-order chi connectivity index (χ1) is 18.0. The van der Waals surface area contributed by atoms with Crippen molar-refractivity contribution in [2.75, 3.05) is 20.1 Å². The number of carboxylic acid groups (broad SMARTS) is 1. The Labute approximate surface area is 228 Å². The summed E-state index contributed by atoms with van der Waals surface area (Å²) in [5, 5.41) is 15.5. The number of nitrogens with zero attached hydrogens (tertiary/aromatic N) is 4. The molecule has 2 aromatic carbocycles. The van der Waals surface area contributed by atoms with Crippen molar-refractivity contribution in [3.8, 4) is 0 Å². The fourth-order valence-corrected chi connectivity index (χ4v) is 5.02. The van der Waals surface area contributed by atoms with Crippen LogP contribution >= 0.6 is 23.2 Å². The molecule has 2 atom stereocenters. The molecule has 4 amide bonds. The zero-order valence-corrected chi connectivity index (χ0v) is 22.0. The molecule has 2 N–H and O–H groups in total. The van der Waals surface area contributed by atoms with Crippen LogP contribution in [-0.4, -0.2) is 81.1 Å². The van der Waals surface area contributed by atoms with Gasteiger partial charge in [-0.1, -0.05) is 41.4 Å². The Hall–Kier alpha value is -3.41. The maximum Gasteiger partial charge on any atom is 0.334 e. The van der Waals surface area contributed by atoms with E-state index in [1.807, 2.05) is 0 Å². The standard InChI is InChI=1S/C25H26Cl2FN5O5/c1-30-14-22(34)32-20(8-9-23(35)36)24(37)31(12-16-4-7-18(26)19(27)10-16)13-21(32)33(30)25(38)29-11-15-2-5-17(28)6-3-15/h2-7,10,20-21H,8-9,11-14H2,1H3,(H,29,38)(H,35,36)/t20-,21-/m0/s1. The van der Waals surface area contributed by atoms with Crippen molar-refractivity contribution in [3.05, 3.63) is 69.5 Å². The van der Waals surface area contributed by atoms with Crippen LogP contribution in [0.4, 0.5) is 9.18 Å². The lowest BCUT2D eigenvalue weighted by Crippen LogP contribution is -2.75. The molecule has 0 unspecified atom stereocenters. The first kappa shape index (κ1) is 27.6. The number of aliphatic carboxylic acids is 1. The maximum atomic E-state index is 13.5. The molecule has 10 nitrogen and oxygen atoms in total. The van der Waals surface area contributed by atoms with Crippen LogP contribution in [0.3, 0.4) is 0 Å². The number of halogens is 3. The number of piperazine rings is 1. The third-order valence-corrected chi connectivity index (χ3v) is 7.23. The lowest BCUT2D eigenvalue weighted by atomic mass is 10.0. The summed E-state index contributed by atoms with van der Waals surface area (Å²) in [6, 6.07) is 9.02. The van der Waals surface area contributed by atoms with Crippen molar-refractivity contribution in [1.29, 1.82) is 0 Å². The number of nitrogens with one attached hydrogen (secondary N) is 1. The number of hydrogen-bond donors (Lipinski definition) is 2. The predicted molar refractivity (Wildman–Crippen MR) is 136 cm³/mol. The highest BCUT2D eigenvalue weighted by atomic mass is 35.5. The molecule has 2 aromatic rings. The number of urea groups is 1. The second kappa shape index (κ2) is 11.5. The van der Waals surface area contributed by atoms with Crippen LogP contribution in [-0.2, 0) is 27.5 Å². The minimum Gasteiger partial charge on any atom is -0.481 e. The normalized spacial score (nSPS) is 19.9. The minimum atomic E-state index is -1.11. The molecule has 0 saturated carbocycles. The predicted octanol–water partition coefficient (Wildman–Crippen LogP) is 2.94. The number of carbonyl (C=O) groups excluding carboxylic acids is 3. The number of fused-ring (bicyclic) bond motifs is 1. The molecule has 0 bridgehead atoms. The summed E-state index contributed by atoms with van der Waals surface area (Å²) in [5.74, 6) is -2.31. The molecule has 0 aliphatic carbocycles. The Morgan fingerprint density at radius 3 is 2.42 bits per heavy atom. The number of carbonyl (C=O) groups is 4. The van der Waals surface area contributed by atoms with E-state index in [4.69, 9.17) is 23.2 Å². The van der Waals surface area contributed by atoms with Crippen LogP contribution in [0.5, 0.6) is 0 Å². The van der Waals surface area contributed by atoms with Gasteiger partial charge in [-0.2, -0.15) is 0 Å². The fourth-order valence-electron chi connectivity index (χ4n) is 4.70. The third-order valence-electron chi connectivity index (χ3n) is 6.49. The molecule has 4 rings (SSSR count). The van der Waals surface area contributed by atoms with Crippen LogP contribution in [0, 0.1) is 5.82 Å². The molecule has 2 fully saturated rings. The number of likely N-dealkylation sites (N-methyl/N-ethyl adjacent to an activating group) is 1. The van der Waals surface area contributed by atoms with Crippen molar-refractivity contribution in [2.45, 2.75) is 38.1 Å². The smallest absolute Gasteiger partial charge is 0.334 e. The summed E-state index contributed by atoms with van der Waals surface area (Å²) in [6.45, 7) is 0.0396. The lowest BCUT2D eigenvalue weighted by molar-refractivity contribution is -0.188. The Kier molecular flexibility index (Phi) is 8.39. The molecule has 38 heavy (non-hydrogen) atoms. The molecule has 13 heteroatoms. The Morgan fingerprint density at radius 1 is 1.08 bits per heavy atom. The average molecular weight is 566 g/mol. The van der Waals surface area contributed by atoms with E-state index in [-0.39, 0.29) is 39.0 Å². The maximum absolute atomic E-state index is 13.5. The Balaban J connectivity index is 1.61. The molecule has 0 radical (unpaired) electrons. The van der Waals surface area contributed by atoms with Gasteiger partial charge in [0.1, 0.15) is 18.0 Å². The summed E-state index contributed by atoms with van der Waals surface area (Å²) in [5.41, 5.74) is 1.35. The number of rotatable bonds is 7. The summed E-state index contributed by atoms with van der Waals surface area (Å²) in [4.78, 5) is 54.1. The van der Waals surface area contributed by atoms with Crippen molar-refractivity contribution in [1.82, 2.24) is 25.1 Å². The highest BCUT2D eigenvalue weighted by Crippen LogP contribution is 2.30. The van der Waals surface area contributed by atoms with Gasteiger partial charge >= 0.3 is 12.0 Å². The largest absolute Gasteiger partial charge is 0.481 e. The van der Waals surface area contributed by atoms with Gasteiger partial charge in [0.2, 0.25) is 11.8 Å². The number of benzene rings is 2. The van der Waals surface area contributed by atoms with Gasteiger partial charge in [0.15, 0.2) is 0 Å². The van der Waals surface area contributed by atoms with Crippen molar-refractivity contribution in [2.24, 2.45) is 0 Å². The third kappa shape index (κ3) is 6.01. The van der Waals surface area contributed by atoms with Crippen molar-refractivity contribution >= 4 is 47.0 Å². The fraction of sp³-hybridized carbons (Fsp3) is 0.360.